The molecule has 1 N–H and O–H groups in total. The van der Waals surface area contributed by atoms with E-state index in [9.17, 15) is 9.59 Å². The number of hydrogen-bond acceptors (Lipinski definition) is 3. The Labute approximate surface area is 196 Å². The molecule has 2 aliphatic heterocycles. The van der Waals surface area contributed by atoms with Gasteiger partial charge in [-0.25, -0.2) is 0 Å². The van der Waals surface area contributed by atoms with E-state index in [0.717, 1.165) is 73.6 Å². The predicted molar refractivity (Wildman–Crippen MR) is 129 cm³/mol. The van der Waals surface area contributed by atoms with Gasteiger partial charge in [-0.3, -0.25) is 14.5 Å². The maximum absolute atomic E-state index is 13.3. The Morgan fingerprint density at radius 1 is 0.848 bits per heavy atom. The third-order valence-corrected chi connectivity index (χ3v) is 8.37. The van der Waals surface area contributed by atoms with Crippen molar-refractivity contribution in [1.82, 2.24) is 15.1 Å². The maximum Gasteiger partial charge on any atom is 0.254 e. The Hall–Kier alpha value is -2.66. The van der Waals surface area contributed by atoms with Crippen LogP contribution in [0.25, 0.3) is 11.1 Å². The molecule has 5 heteroatoms. The first-order chi connectivity index (χ1) is 16.2. The molecule has 0 spiro atoms. The first-order valence-corrected chi connectivity index (χ1v) is 12.7. The molecular formula is C28H33N3O2. The summed E-state index contributed by atoms with van der Waals surface area (Å²) in [5, 5.41) is 3.10. The van der Waals surface area contributed by atoms with Crippen molar-refractivity contribution in [2.24, 2.45) is 0 Å². The minimum Gasteiger partial charge on any atom is -0.349 e. The number of nitrogens with one attached hydrogen (secondary N) is 1. The molecule has 2 aliphatic carbocycles. The van der Waals surface area contributed by atoms with Crippen molar-refractivity contribution in [2.45, 2.75) is 69.5 Å². The van der Waals surface area contributed by atoms with E-state index in [1.807, 2.05) is 30.3 Å². The number of rotatable bonds is 5. The van der Waals surface area contributed by atoms with Crippen LogP contribution >= 0.6 is 0 Å². The number of amides is 2. The highest BCUT2D eigenvalue weighted by Crippen LogP contribution is 2.32. The molecule has 0 aromatic heterocycles. The summed E-state index contributed by atoms with van der Waals surface area (Å²) in [5.74, 6) is 0.219. The summed E-state index contributed by atoms with van der Waals surface area (Å²) in [7, 11) is 0. The smallest absolute Gasteiger partial charge is 0.254 e. The van der Waals surface area contributed by atoms with Gasteiger partial charge in [-0.2, -0.15) is 0 Å². The van der Waals surface area contributed by atoms with E-state index in [1.54, 1.807) is 0 Å². The molecule has 4 aliphatic rings. The Morgan fingerprint density at radius 3 is 2.30 bits per heavy atom. The third-order valence-electron chi connectivity index (χ3n) is 8.37. The van der Waals surface area contributed by atoms with Crippen LogP contribution in [0.3, 0.4) is 0 Å². The van der Waals surface area contributed by atoms with Crippen molar-refractivity contribution in [3.05, 3.63) is 59.2 Å². The van der Waals surface area contributed by atoms with Crippen LogP contribution in [0.5, 0.6) is 0 Å². The molecule has 0 radical (unpaired) electrons. The van der Waals surface area contributed by atoms with Gasteiger partial charge in [0.05, 0.1) is 0 Å². The third kappa shape index (κ3) is 3.97. The number of hydrogen-bond donors (Lipinski definition) is 1. The second kappa shape index (κ2) is 8.60. The largest absolute Gasteiger partial charge is 0.349 e. The lowest BCUT2D eigenvalue weighted by Crippen LogP contribution is -2.47. The van der Waals surface area contributed by atoms with Crippen LogP contribution in [0, 0.1) is 0 Å². The Bertz CT molecular complexity index is 1060. The van der Waals surface area contributed by atoms with Crippen LogP contribution in [0.4, 0.5) is 0 Å². The summed E-state index contributed by atoms with van der Waals surface area (Å²) < 4.78 is 0. The average Bonchev–Trinajstić information content (AvgIpc) is 3.24. The molecular weight excluding hydrogens is 410 g/mol. The fourth-order valence-electron chi connectivity index (χ4n) is 5.78. The number of benzene rings is 2. The van der Waals surface area contributed by atoms with Crippen molar-refractivity contribution in [3.63, 3.8) is 0 Å². The van der Waals surface area contributed by atoms with Gasteiger partial charge in [0.1, 0.15) is 0 Å². The van der Waals surface area contributed by atoms with Gasteiger partial charge in [-0.05, 0) is 79.8 Å². The van der Waals surface area contributed by atoms with Crippen molar-refractivity contribution in [2.75, 3.05) is 19.6 Å². The van der Waals surface area contributed by atoms with Gasteiger partial charge in [-0.1, -0.05) is 30.7 Å². The Kier molecular flexibility index (Phi) is 5.45. The van der Waals surface area contributed by atoms with Crippen LogP contribution in [-0.4, -0.2) is 59.4 Å². The highest BCUT2D eigenvalue weighted by atomic mass is 16.2. The van der Waals surface area contributed by atoms with Crippen molar-refractivity contribution >= 4 is 11.8 Å². The molecule has 0 unspecified atom stereocenters. The molecule has 1 atom stereocenters. The fraction of sp³-hybridized carbons (Fsp3) is 0.500. The highest BCUT2D eigenvalue weighted by Gasteiger charge is 2.37. The first-order valence-electron chi connectivity index (χ1n) is 12.7. The van der Waals surface area contributed by atoms with Gasteiger partial charge in [0.15, 0.2) is 0 Å². The quantitative estimate of drug-likeness (QED) is 0.751. The van der Waals surface area contributed by atoms with Gasteiger partial charge in [0.2, 0.25) is 0 Å². The summed E-state index contributed by atoms with van der Waals surface area (Å²) >= 11 is 0. The van der Waals surface area contributed by atoms with Crippen LogP contribution in [0.2, 0.25) is 0 Å². The van der Waals surface area contributed by atoms with Gasteiger partial charge in [0, 0.05) is 48.9 Å². The summed E-state index contributed by atoms with van der Waals surface area (Å²) in [6, 6.07) is 15.6. The lowest BCUT2D eigenvalue weighted by atomic mass is 9.91. The van der Waals surface area contributed by atoms with Crippen LogP contribution in [0.15, 0.2) is 42.5 Å². The predicted octanol–water partition coefficient (Wildman–Crippen LogP) is 4.26. The standard InChI is InChI=1S/C28H33N3O2/c32-27(29-23-3-1-4-23)20-9-7-19(8-10-20)21-11-12-26-22(17-21)13-16-31(28(26)33)25-14-15-30(18-25)24-5-2-6-24/h7-12,17,23-25H,1-6,13-16,18H2,(H,29,32)/t25-/m1/s1. The lowest BCUT2D eigenvalue weighted by Gasteiger charge is -2.37. The van der Waals surface area contributed by atoms with Gasteiger partial charge < -0.3 is 10.2 Å². The SMILES string of the molecule is O=C(NC1CCC1)c1ccc(-c2ccc3c(c2)CCN([C@@H]2CCN(C4CCC4)C2)C3=O)cc1. The van der Waals surface area contributed by atoms with E-state index in [2.05, 4.69) is 27.2 Å². The average molecular weight is 444 g/mol. The van der Waals surface area contributed by atoms with Crippen LogP contribution in [0.1, 0.15) is 71.2 Å². The zero-order valence-corrected chi connectivity index (χ0v) is 19.3. The van der Waals surface area contributed by atoms with E-state index in [4.69, 9.17) is 0 Å². The molecule has 5 nitrogen and oxygen atoms in total. The molecule has 1 saturated heterocycles. The zero-order valence-electron chi connectivity index (χ0n) is 19.3. The normalized spacial score (nSPS) is 23.7. The van der Waals surface area contributed by atoms with E-state index >= 15 is 0 Å². The molecule has 2 saturated carbocycles. The molecule has 2 heterocycles. The number of carbonyl (C=O) groups is 2. The van der Waals surface area contributed by atoms with Crippen molar-refractivity contribution < 1.29 is 9.59 Å². The molecule has 6 rings (SSSR count). The van der Waals surface area contributed by atoms with Crippen LogP contribution < -0.4 is 5.32 Å². The van der Waals surface area contributed by atoms with Crippen molar-refractivity contribution in [1.29, 1.82) is 0 Å². The minimum absolute atomic E-state index is 0.0187. The molecule has 2 aromatic carbocycles. The topological polar surface area (TPSA) is 52.7 Å². The van der Waals surface area contributed by atoms with Crippen LogP contribution in [-0.2, 0) is 6.42 Å². The monoisotopic (exact) mass is 443 g/mol. The fourth-order valence-corrected chi connectivity index (χ4v) is 5.78. The molecule has 33 heavy (non-hydrogen) atoms. The van der Waals surface area contributed by atoms with Gasteiger partial charge in [0.25, 0.3) is 11.8 Å². The Morgan fingerprint density at radius 2 is 1.61 bits per heavy atom. The zero-order chi connectivity index (χ0) is 22.4. The number of likely N-dealkylation sites (tertiary alicyclic amines) is 1. The summed E-state index contributed by atoms with van der Waals surface area (Å²) in [6.45, 7) is 3.00. The number of fused-ring (bicyclic) bond motifs is 1. The Balaban J connectivity index is 1.14. The second-order valence-corrected chi connectivity index (χ2v) is 10.3. The molecule has 3 fully saturated rings. The summed E-state index contributed by atoms with van der Waals surface area (Å²) in [6.07, 6.45) is 9.44. The van der Waals surface area contributed by atoms with E-state index in [0.29, 0.717) is 17.6 Å². The highest BCUT2D eigenvalue weighted by molar-refractivity contribution is 5.98. The van der Waals surface area contributed by atoms with Gasteiger partial charge >= 0.3 is 0 Å². The van der Waals surface area contributed by atoms with E-state index in [-0.39, 0.29) is 11.8 Å². The lowest BCUT2D eigenvalue weighted by molar-refractivity contribution is 0.0646. The van der Waals surface area contributed by atoms with E-state index in [1.165, 1.54) is 25.7 Å². The second-order valence-electron chi connectivity index (χ2n) is 10.3. The minimum atomic E-state index is 0.0187. The summed E-state index contributed by atoms with van der Waals surface area (Å²) in [5.41, 5.74) is 4.91. The maximum atomic E-state index is 13.3. The molecule has 0 bridgehead atoms. The summed E-state index contributed by atoms with van der Waals surface area (Å²) in [4.78, 5) is 30.4. The molecule has 2 aromatic rings. The number of nitrogens with zero attached hydrogens (tertiary/aromatic N) is 2. The number of carbonyl (C=O) groups excluding carboxylic acids is 2. The molecule has 172 valence electrons. The van der Waals surface area contributed by atoms with E-state index < -0.39 is 0 Å². The first kappa shape index (κ1) is 20.9. The van der Waals surface area contributed by atoms with Crippen molar-refractivity contribution in [3.8, 4) is 11.1 Å². The van der Waals surface area contributed by atoms with Gasteiger partial charge in [-0.15, -0.1) is 0 Å². The molecule has 2 amide bonds.